The molecule has 0 saturated heterocycles. The van der Waals surface area contributed by atoms with E-state index in [0.717, 1.165) is 30.7 Å². The highest BCUT2D eigenvalue weighted by Gasteiger charge is 2.34. The molecular weight excluding hydrogens is 360 g/mol. The van der Waals surface area contributed by atoms with Crippen LogP contribution in [-0.4, -0.2) is 12.3 Å². The molecule has 1 aliphatic rings. The molecule has 4 nitrogen and oxygen atoms in total. The molecule has 3 aromatic carbocycles. The third-order valence-corrected chi connectivity index (χ3v) is 6.24. The Morgan fingerprint density at radius 1 is 1.10 bits per heavy atom. The van der Waals surface area contributed by atoms with Crippen molar-refractivity contribution in [3.63, 3.8) is 0 Å². The molecule has 0 radical (unpaired) electrons. The number of nitrogens with two attached hydrogens (primary N) is 1. The quantitative estimate of drug-likeness (QED) is 0.506. The van der Waals surface area contributed by atoms with Gasteiger partial charge in [-0.25, -0.2) is 0 Å². The van der Waals surface area contributed by atoms with E-state index in [1.54, 1.807) is 13.4 Å². The van der Waals surface area contributed by atoms with Crippen molar-refractivity contribution in [2.75, 3.05) is 12.8 Å². The van der Waals surface area contributed by atoms with Crippen molar-refractivity contribution < 1.29 is 9.26 Å². The van der Waals surface area contributed by atoms with E-state index in [4.69, 9.17) is 15.0 Å². The number of fused-ring (bicyclic) bond motifs is 2. The Kier molecular flexibility index (Phi) is 4.47. The van der Waals surface area contributed by atoms with Crippen molar-refractivity contribution in [2.45, 2.75) is 31.1 Å². The lowest BCUT2D eigenvalue weighted by atomic mass is 9.70. The minimum absolute atomic E-state index is 0.230. The van der Waals surface area contributed by atoms with Crippen molar-refractivity contribution in [3.8, 4) is 5.75 Å². The lowest BCUT2D eigenvalue weighted by Crippen LogP contribution is -2.22. The number of nitrogens with zero attached hydrogens (tertiary/aromatic N) is 1. The predicted molar refractivity (Wildman–Crippen MR) is 115 cm³/mol. The molecule has 4 heteroatoms. The Morgan fingerprint density at radius 3 is 2.76 bits per heavy atom. The molecule has 1 aliphatic carbocycles. The molecular formula is C25H24N2O2. The average molecular weight is 384 g/mol. The molecule has 5 rings (SSSR count). The molecule has 1 aromatic heterocycles. The van der Waals surface area contributed by atoms with Crippen LogP contribution in [0.4, 0.5) is 5.69 Å². The van der Waals surface area contributed by atoms with Crippen molar-refractivity contribution >= 4 is 16.5 Å². The largest absolute Gasteiger partial charge is 0.497 e. The summed E-state index contributed by atoms with van der Waals surface area (Å²) in [6.07, 6.45) is 4.49. The maximum absolute atomic E-state index is 6.21. The summed E-state index contributed by atoms with van der Waals surface area (Å²) in [5.74, 6) is 1.40. The molecule has 0 bridgehead atoms. The summed E-state index contributed by atoms with van der Waals surface area (Å²) in [6, 6.07) is 21.5. The van der Waals surface area contributed by atoms with Gasteiger partial charge in [0.25, 0.3) is 0 Å². The minimum Gasteiger partial charge on any atom is -0.497 e. The number of nitrogen functional groups attached to an aromatic ring is 1. The van der Waals surface area contributed by atoms with Crippen LogP contribution in [0.15, 0.2) is 71.4 Å². The van der Waals surface area contributed by atoms with Gasteiger partial charge in [0, 0.05) is 5.92 Å². The molecule has 2 N–H and O–H groups in total. The highest BCUT2D eigenvalue weighted by atomic mass is 16.5. The molecule has 29 heavy (non-hydrogen) atoms. The van der Waals surface area contributed by atoms with Crippen LogP contribution in [0, 0.1) is 0 Å². The van der Waals surface area contributed by atoms with Gasteiger partial charge in [0.15, 0.2) is 0 Å². The third kappa shape index (κ3) is 3.15. The standard InChI is InChI=1S/C25H24N2O2/c1-28-19-12-17-7-3-4-8-20(17)18(13-19)14-23-21-9-5-2-6-16(21)10-11-22(23)25-24(26)15-29-27-25/h2-9,12-13,15,22-23H,10-11,14,26H2,1H3. The number of methoxy groups -OCH3 is 1. The topological polar surface area (TPSA) is 61.3 Å². The van der Waals surface area contributed by atoms with E-state index in [0.29, 0.717) is 5.69 Å². The fourth-order valence-electron chi connectivity index (χ4n) is 4.85. The van der Waals surface area contributed by atoms with Crippen LogP contribution in [0.3, 0.4) is 0 Å². The summed E-state index contributed by atoms with van der Waals surface area (Å²) < 4.78 is 10.8. The van der Waals surface area contributed by atoms with Gasteiger partial charge in [-0.3, -0.25) is 0 Å². The second kappa shape index (κ2) is 7.28. The second-order valence-electron chi connectivity index (χ2n) is 7.82. The molecule has 0 fully saturated rings. The van der Waals surface area contributed by atoms with Gasteiger partial charge in [-0.1, -0.05) is 53.7 Å². The van der Waals surface area contributed by atoms with Crippen molar-refractivity contribution in [1.29, 1.82) is 0 Å². The summed E-state index contributed by atoms with van der Waals surface area (Å²) in [7, 11) is 1.72. The Bertz CT molecular complexity index is 1160. The number of aromatic nitrogens is 1. The van der Waals surface area contributed by atoms with Gasteiger partial charge in [-0.2, -0.15) is 0 Å². The van der Waals surface area contributed by atoms with Gasteiger partial charge >= 0.3 is 0 Å². The van der Waals surface area contributed by atoms with Gasteiger partial charge in [-0.05, 0) is 64.8 Å². The van der Waals surface area contributed by atoms with Crippen molar-refractivity contribution in [3.05, 3.63) is 89.3 Å². The summed E-state index contributed by atoms with van der Waals surface area (Å²) in [5.41, 5.74) is 11.8. The number of aryl methyl sites for hydroxylation is 1. The zero-order chi connectivity index (χ0) is 19.8. The first-order valence-electron chi connectivity index (χ1n) is 10.1. The molecule has 4 aromatic rings. The number of benzene rings is 3. The summed E-state index contributed by atoms with van der Waals surface area (Å²) >= 11 is 0. The van der Waals surface area contributed by atoms with Crippen LogP contribution in [0.2, 0.25) is 0 Å². The van der Waals surface area contributed by atoms with E-state index in [1.165, 1.54) is 27.5 Å². The van der Waals surface area contributed by atoms with Crippen molar-refractivity contribution in [1.82, 2.24) is 5.16 Å². The van der Waals surface area contributed by atoms with Crippen LogP contribution in [-0.2, 0) is 12.8 Å². The smallest absolute Gasteiger partial charge is 0.147 e. The van der Waals surface area contributed by atoms with Gasteiger partial charge < -0.3 is 15.0 Å². The normalized spacial score (nSPS) is 18.5. The first-order valence-corrected chi connectivity index (χ1v) is 10.1. The van der Waals surface area contributed by atoms with Gasteiger partial charge in [-0.15, -0.1) is 0 Å². The Morgan fingerprint density at radius 2 is 1.93 bits per heavy atom. The van der Waals surface area contributed by atoms with Crippen LogP contribution >= 0.6 is 0 Å². The highest BCUT2D eigenvalue weighted by molar-refractivity contribution is 5.87. The molecule has 2 unspecified atom stereocenters. The third-order valence-electron chi connectivity index (χ3n) is 6.24. The number of hydrogen-bond acceptors (Lipinski definition) is 4. The summed E-state index contributed by atoms with van der Waals surface area (Å²) in [5, 5.41) is 6.74. The zero-order valence-electron chi connectivity index (χ0n) is 16.5. The van der Waals surface area contributed by atoms with Gasteiger partial charge in [0.2, 0.25) is 0 Å². The predicted octanol–water partition coefficient (Wildman–Crippen LogP) is 5.47. The van der Waals surface area contributed by atoms with Crippen LogP contribution in [0.1, 0.15) is 40.6 Å². The first kappa shape index (κ1) is 17.8. The molecule has 0 spiro atoms. The average Bonchev–Trinajstić information content (AvgIpc) is 3.19. The lowest BCUT2D eigenvalue weighted by Gasteiger charge is -2.33. The van der Waals surface area contributed by atoms with E-state index in [9.17, 15) is 0 Å². The highest BCUT2D eigenvalue weighted by Crippen LogP contribution is 2.46. The number of rotatable bonds is 4. The van der Waals surface area contributed by atoms with E-state index in [1.807, 2.05) is 0 Å². The van der Waals surface area contributed by atoms with E-state index in [2.05, 4.69) is 65.8 Å². The summed E-state index contributed by atoms with van der Waals surface area (Å²) in [6.45, 7) is 0. The molecule has 0 saturated carbocycles. The zero-order valence-corrected chi connectivity index (χ0v) is 16.5. The fraction of sp³-hybridized carbons (Fsp3) is 0.240. The SMILES string of the molecule is COc1cc(CC2c3ccccc3CCC2c2nocc2N)c2ccccc2c1. The molecule has 1 heterocycles. The van der Waals surface area contributed by atoms with Crippen LogP contribution in [0.5, 0.6) is 5.75 Å². The van der Waals surface area contributed by atoms with Gasteiger partial charge in [0.05, 0.1) is 12.8 Å². The Labute approximate surface area is 170 Å². The van der Waals surface area contributed by atoms with Crippen LogP contribution < -0.4 is 10.5 Å². The molecule has 0 amide bonds. The van der Waals surface area contributed by atoms with E-state index in [-0.39, 0.29) is 11.8 Å². The second-order valence-corrected chi connectivity index (χ2v) is 7.82. The van der Waals surface area contributed by atoms with Crippen LogP contribution in [0.25, 0.3) is 10.8 Å². The number of anilines is 1. The van der Waals surface area contributed by atoms with Gasteiger partial charge in [0.1, 0.15) is 17.7 Å². The summed E-state index contributed by atoms with van der Waals surface area (Å²) in [4.78, 5) is 0. The van der Waals surface area contributed by atoms with E-state index < -0.39 is 0 Å². The molecule has 2 atom stereocenters. The Hall–Kier alpha value is -3.27. The fourth-order valence-corrected chi connectivity index (χ4v) is 4.85. The number of hydrogen-bond donors (Lipinski definition) is 1. The minimum atomic E-state index is 0.230. The molecule has 146 valence electrons. The number of ether oxygens (including phenoxy) is 1. The maximum atomic E-state index is 6.21. The maximum Gasteiger partial charge on any atom is 0.147 e. The Balaban J connectivity index is 1.64. The molecule has 0 aliphatic heterocycles. The first-order chi connectivity index (χ1) is 14.2. The van der Waals surface area contributed by atoms with Crippen molar-refractivity contribution in [2.24, 2.45) is 0 Å². The lowest BCUT2D eigenvalue weighted by molar-refractivity contribution is 0.383. The monoisotopic (exact) mass is 384 g/mol. The van der Waals surface area contributed by atoms with E-state index >= 15 is 0 Å².